The SMILES string of the molecule is CC(C)NC(=O)SCCOP(=O)(O)OC[C@H]1S[C@@H](n2ccc(N)nc2=O)[C@@H](F)[C@@H]1O. The number of aliphatic hydroxyl groups is 1. The fraction of sp³-hybridized carbons (Fsp3) is 0.667. The van der Waals surface area contributed by atoms with Crippen LogP contribution in [0.5, 0.6) is 0 Å². The van der Waals surface area contributed by atoms with Gasteiger partial charge in [0.05, 0.1) is 18.5 Å². The molecule has 2 rings (SSSR count). The highest BCUT2D eigenvalue weighted by Gasteiger charge is 2.46. The number of nitrogen functional groups attached to an aromatic ring is 1. The number of phosphoric acid groups is 1. The Morgan fingerprint density at radius 2 is 2.23 bits per heavy atom. The molecule has 1 aromatic heterocycles. The maximum atomic E-state index is 14.5. The van der Waals surface area contributed by atoms with Crippen molar-refractivity contribution in [2.24, 2.45) is 0 Å². The largest absolute Gasteiger partial charge is 0.472 e. The molecule has 1 aromatic rings. The monoisotopic (exact) mass is 486 g/mol. The third kappa shape index (κ3) is 7.22. The number of anilines is 1. The molecular formula is C15H24FN4O7PS2. The highest BCUT2D eigenvalue weighted by molar-refractivity contribution is 8.13. The van der Waals surface area contributed by atoms with E-state index in [0.29, 0.717) is 0 Å². The lowest BCUT2D eigenvalue weighted by Gasteiger charge is -2.17. The summed E-state index contributed by atoms with van der Waals surface area (Å²) < 4.78 is 37.1. The topological polar surface area (TPSA) is 166 Å². The second-order valence-corrected chi connectivity index (χ2v) is 10.5. The van der Waals surface area contributed by atoms with Crippen LogP contribution < -0.4 is 16.7 Å². The minimum atomic E-state index is -4.48. The molecule has 1 unspecified atom stereocenters. The van der Waals surface area contributed by atoms with E-state index in [4.69, 9.17) is 14.8 Å². The Kier molecular flexibility index (Phi) is 9.15. The van der Waals surface area contributed by atoms with Crippen LogP contribution in [-0.2, 0) is 13.6 Å². The lowest BCUT2D eigenvalue weighted by Crippen LogP contribution is -2.33. The molecule has 0 aliphatic carbocycles. The van der Waals surface area contributed by atoms with Crippen LogP contribution in [0.3, 0.4) is 0 Å². The molecule has 2 heterocycles. The molecule has 0 saturated carbocycles. The quantitative estimate of drug-likeness (QED) is 0.292. The summed E-state index contributed by atoms with van der Waals surface area (Å²) in [6.07, 6.45) is -2.11. The Labute approximate surface area is 180 Å². The molecule has 1 fully saturated rings. The maximum absolute atomic E-state index is 14.5. The first-order valence-electron chi connectivity index (χ1n) is 8.87. The second kappa shape index (κ2) is 10.9. The molecule has 1 aliphatic rings. The zero-order valence-corrected chi connectivity index (χ0v) is 18.7. The Hall–Kier alpha value is -1.15. The van der Waals surface area contributed by atoms with Gasteiger partial charge in [-0.15, -0.1) is 11.8 Å². The number of carbonyl (C=O) groups excluding carboxylic acids is 1. The number of hydrogen-bond donors (Lipinski definition) is 4. The summed E-state index contributed by atoms with van der Waals surface area (Å²) in [4.78, 5) is 36.6. The molecule has 5 atom stereocenters. The first-order valence-corrected chi connectivity index (χ1v) is 12.3. The normalized spacial score (nSPS) is 25.9. The van der Waals surface area contributed by atoms with Crippen molar-refractivity contribution in [1.82, 2.24) is 14.9 Å². The average molecular weight is 486 g/mol. The van der Waals surface area contributed by atoms with Crippen molar-refractivity contribution in [3.8, 4) is 0 Å². The van der Waals surface area contributed by atoms with E-state index in [-0.39, 0.29) is 29.5 Å². The number of phosphoric ester groups is 1. The van der Waals surface area contributed by atoms with E-state index in [1.807, 2.05) is 0 Å². The summed E-state index contributed by atoms with van der Waals surface area (Å²) >= 11 is 1.75. The number of aromatic nitrogens is 2. The molecule has 0 bridgehead atoms. The molecule has 30 heavy (non-hydrogen) atoms. The molecule has 0 aromatic carbocycles. The number of nitrogens with one attached hydrogen (secondary N) is 1. The van der Waals surface area contributed by atoms with Crippen LogP contribution in [0.25, 0.3) is 0 Å². The molecule has 0 radical (unpaired) electrons. The van der Waals surface area contributed by atoms with Crippen LogP contribution in [0, 0.1) is 0 Å². The van der Waals surface area contributed by atoms with Crippen molar-refractivity contribution in [2.75, 3.05) is 24.7 Å². The number of alkyl halides is 1. The van der Waals surface area contributed by atoms with Gasteiger partial charge in [0.15, 0.2) is 6.17 Å². The highest BCUT2D eigenvalue weighted by Crippen LogP contribution is 2.48. The van der Waals surface area contributed by atoms with Gasteiger partial charge in [0.25, 0.3) is 5.24 Å². The number of thioether (sulfide) groups is 2. The molecule has 1 amide bonds. The third-order valence-electron chi connectivity index (χ3n) is 3.80. The van der Waals surface area contributed by atoms with E-state index in [0.717, 1.165) is 28.1 Å². The van der Waals surface area contributed by atoms with Gasteiger partial charge in [0.1, 0.15) is 17.3 Å². The minimum absolute atomic E-state index is 0.0201. The number of amides is 1. The van der Waals surface area contributed by atoms with Gasteiger partial charge >= 0.3 is 13.5 Å². The average Bonchev–Trinajstić information content (AvgIpc) is 2.92. The lowest BCUT2D eigenvalue weighted by molar-refractivity contribution is 0.0595. The second-order valence-electron chi connectivity index (χ2n) is 6.57. The summed E-state index contributed by atoms with van der Waals surface area (Å²) in [6.45, 7) is 2.87. The molecule has 170 valence electrons. The number of nitrogens with two attached hydrogens (primary N) is 1. The molecular weight excluding hydrogens is 462 g/mol. The van der Waals surface area contributed by atoms with Crippen molar-refractivity contribution in [1.29, 1.82) is 0 Å². The van der Waals surface area contributed by atoms with Gasteiger partial charge in [-0.25, -0.2) is 13.8 Å². The molecule has 15 heteroatoms. The summed E-state index contributed by atoms with van der Waals surface area (Å²) in [6, 6.07) is 1.29. The van der Waals surface area contributed by atoms with Gasteiger partial charge in [-0.05, 0) is 19.9 Å². The Bertz CT molecular complexity index is 845. The number of rotatable bonds is 9. The Balaban J connectivity index is 1.83. The van der Waals surface area contributed by atoms with E-state index in [1.54, 1.807) is 13.8 Å². The summed E-state index contributed by atoms with van der Waals surface area (Å²) in [5.74, 6) is 0.0999. The van der Waals surface area contributed by atoms with E-state index < -0.39 is 43.0 Å². The predicted octanol–water partition coefficient (Wildman–Crippen LogP) is 1.12. The first kappa shape index (κ1) is 25.1. The van der Waals surface area contributed by atoms with E-state index in [1.165, 1.54) is 12.3 Å². The highest BCUT2D eigenvalue weighted by atomic mass is 32.2. The fourth-order valence-electron chi connectivity index (χ4n) is 2.45. The van der Waals surface area contributed by atoms with Crippen LogP contribution in [-0.4, -0.2) is 67.3 Å². The van der Waals surface area contributed by atoms with Crippen LogP contribution in [0.15, 0.2) is 17.1 Å². The molecule has 1 aliphatic heterocycles. The zero-order valence-electron chi connectivity index (χ0n) is 16.2. The first-order chi connectivity index (χ1) is 14.0. The smallest absolute Gasteiger partial charge is 0.389 e. The number of nitrogens with zero attached hydrogens (tertiary/aromatic N) is 2. The summed E-state index contributed by atoms with van der Waals surface area (Å²) in [5, 5.41) is 10.4. The van der Waals surface area contributed by atoms with Gasteiger partial charge in [-0.3, -0.25) is 18.4 Å². The van der Waals surface area contributed by atoms with Crippen molar-refractivity contribution in [3.05, 3.63) is 22.7 Å². The standard InChI is InChI=1S/C15H24FN4O7PS2/c1-8(2)18-15(23)29-6-5-26-28(24,25)27-7-9-12(21)11(16)13(30-9)20-4-3-10(17)19-14(20)22/h3-4,8-9,11-13,21H,5-7H2,1-2H3,(H,18,23)(H,24,25)(H2,17,19,22)/t9-,11+,12-,13-/m1/s1. The predicted molar refractivity (Wildman–Crippen MR) is 112 cm³/mol. The van der Waals surface area contributed by atoms with Gasteiger partial charge in [0.2, 0.25) is 0 Å². The third-order valence-corrected chi connectivity index (χ3v) is 7.06. The van der Waals surface area contributed by atoms with Gasteiger partial charge in [-0.2, -0.15) is 4.98 Å². The van der Waals surface area contributed by atoms with Crippen molar-refractivity contribution < 1.29 is 32.8 Å². The number of halogens is 1. The number of carbonyl (C=O) groups is 1. The zero-order chi connectivity index (χ0) is 22.5. The molecule has 0 spiro atoms. The van der Waals surface area contributed by atoms with Crippen LogP contribution in [0.2, 0.25) is 0 Å². The number of hydrogen-bond acceptors (Lipinski definition) is 10. The van der Waals surface area contributed by atoms with Crippen LogP contribution in [0.4, 0.5) is 15.0 Å². The summed E-state index contributed by atoms with van der Waals surface area (Å²) in [7, 11) is -4.48. The lowest BCUT2D eigenvalue weighted by atomic mass is 10.1. The van der Waals surface area contributed by atoms with Crippen LogP contribution in [0.1, 0.15) is 19.2 Å². The van der Waals surface area contributed by atoms with Crippen LogP contribution >= 0.6 is 31.3 Å². The van der Waals surface area contributed by atoms with Gasteiger partial charge in [0, 0.05) is 18.0 Å². The van der Waals surface area contributed by atoms with Crippen molar-refractivity contribution in [2.45, 2.75) is 42.8 Å². The van der Waals surface area contributed by atoms with Crippen molar-refractivity contribution in [3.63, 3.8) is 0 Å². The molecule has 1 saturated heterocycles. The van der Waals surface area contributed by atoms with E-state index >= 15 is 0 Å². The minimum Gasteiger partial charge on any atom is -0.389 e. The van der Waals surface area contributed by atoms with Gasteiger partial charge in [-0.1, -0.05) is 11.8 Å². The Morgan fingerprint density at radius 1 is 1.53 bits per heavy atom. The maximum Gasteiger partial charge on any atom is 0.472 e. The van der Waals surface area contributed by atoms with Crippen molar-refractivity contribution >= 4 is 42.4 Å². The number of aliphatic hydroxyl groups excluding tert-OH is 1. The van der Waals surface area contributed by atoms with E-state index in [9.17, 15) is 28.5 Å². The molecule has 5 N–H and O–H groups in total. The summed E-state index contributed by atoms with van der Waals surface area (Å²) in [5.41, 5.74) is 4.63. The van der Waals surface area contributed by atoms with E-state index in [2.05, 4.69) is 10.3 Å². The van der Waals surface area contributed by atoms with Gasteiger partial charge < -0.3 is 21.1 Å². The fourth-order valence-corrected chi connectivity index (χ4v) is 5.51. The Morgan fingerprint density at radius 3 is 2.87 bits per heavy atom. The molecule has 11 nitrogen and oxygen atoms in total.